The number of aryl methyl sites for hydroxylation is 1. The van der Waals surface area contributed by atoms with E-state index in [1.54, 1.807) is 24.3 Å². The van der Waals surface area contributed by atoms with Crippen LogP contribution in [0.5, 0.6) is 0 Å². The number of nitriles is 1. The van der Waals surface area contributed by atoms with Gasteiger partial charge in [0.15, 0.2) is 0 Å². The molecule has 114 valence electrons. The van der Waals surface area contributed by atoms with Crippen LogP contribution >= 0.6 is 0 Å². The quantitative estimate of drug-likeness (QED) is 0.914. The van der Waals surface area contributed by atoms with Crippen LogP contribution in [-0.2, 0) is 22.4 Å². The number of carbonyl (C=O) groups excluding carboxylic acids is 2. The van der Waals surface area contributed by atoms with Gasteiger partial charge >= 0.3 is 0 Å². The molecule has 0 fully saturated rings. The Kier molecular flexibility index (Phi) is 4.07. The lowest BCUT2D eigenvalue weighted by atomic mass is 9.99. The molecule has 1 heterocycles. The number of nitrogens with zero attached hydrogens (tertiary/aromatic N) is 1. The number of carbonyl (C=O) groups is 2. The van der Waals surface area contributed by atoms with Gasteiger partial charge in [0, 0.05) is 12.1 Å². The number of anilines is 2. The molecule has 2 aromatic carbocycles. The van der Waals surface area contributed by atoms with Crippen LogP contribution in [-0.4, -0.2) is 11.8 Å². The molecule has 0 aromatic heterocycles. The van der Waals surface area contributed by atoms with Gasteiger partial charge < -0.3 is 10.6 Å². The van der Waals surface area contributed by atoms with Crippen molar-refractivity contribution in [1.29, 1.82) is 5.26 Å². The summed E-state index contributed by atoms with van der Waals surface area (Å²) in [6, 6.07) is 14.6. The monoisotopic (exact) mass is 305 g/mol. The van der Waals surface area contributed by atoms with Crippen molar-refractivity contribution in [2.75, 3.05) is 10.6 Å². The predicted octanol–water partition coefficient (Wildman–Crippen LogP) is 2.62. The topological polar surface area (TPSA) is 82.0 Å². The number of hydrogen-bond acceptors (Lipinski definition) is 3. The van der Waals surface area contributed by atoms with E-state index in [1.165, 1.54) is 0 Å². The summed E-state index contributed by atoms with van der Waals surface area (Å²) in [7, 11) is 0. The molecular formula is C18H15N3O2. The first-order valence-corrected chi connectivity index (χ1v) is 7.36. The van der Waals surface area contributed by atoms with Crippen molar-refractivity contribution in [2.45, 2.75) is 19.3 Å². The van der Waals surface area contributed by atoms with Crippen LogP contribution in [0.1, 0.15) is 23.1 Å². The highest BCUT2D eigenvalue weighted by molar-refractivity contribution is 5.95. The molecule has 0 unspecified atom stereocenters. The van der Waals surface area contributed by atoms with Crippen LogP contribution in [0.4, 0.5) is 11.4 Å². The highest BCUT2D eigenvalue weighted by Gasteiger charge is 2.15. The van der Waals surface area contributed by atoms with E-state index in [0.717, 1.165) is 16.8 Å². The molecule has 2 N–H and O–H groups in total. The summed E-state index contributed by atoms with van der Waals surface area (Å²) in [6.07, 6.45) is 1.38. The molecule has 5 heteroatoms. The number of nitrogens with one attached hydrogen (secondary N) is 2. The zero-order valence-electron chi connectivity index (χ0n) is 12.4. The normalized spacial score (nSPS) is 12.7. The van der Waals surface area contributed by atoms with Crippen molar-refractivity contribution in [3.63, 3.8) is 0 Å². The molecule has 0 bridgehead atoms. The van der Waals surface area contributed by atoms with Crippen LogP contribution in [0, 0.1) is 11.3 Å². The molecular weight excluding hydrogens is 290 g/mol. The zero-order valence-corrected chi connectivity index (χ0v) is 12.4. The largest absolute Gasteiger partial charge is 0.326 e. The Hall–Kier alpha value is -3.13. The van der Waals surface area contributed by atoms with Gasteiger partial charge in [0.1, 0.15) is 6.07 Å². The third-order valence-corrected chi connectivity index (χ3v) is 3.75. The van der Waals surface area contributed by atoms with Gasteiger partial charge in [-0.05, 0) is 35.7 Å². The van der Waals surface area contributed by atoms with Gasteiger partial charge in [0.25, 0.3) is 0 Å². The maximum Gasteiger partial charge on any atom is 0.228 e. The lowest BCUT2D eigenvalue weighted by Gasteiger charge is -2.17. The van der Waals surface area contributed by atoms with Crippen molar-refractivity contribution < 1.29 is 9.59 Å². The molecule has 23 heavy (non-hydrogen) atoms. The number of para-hydroxylation sites is 1. The molecule has 0 radical (unpaired) electrons. The Bertz CT molecular complexity index is 821. The summed E-state index contributed by atoms with van der Waals surface area (Å²) in [5.74, 6) is -0.149. The molecule has 2 amide bonds. The number of rotatable bonds is 3. The standard InChI is InChI=1S/C18H15N3O2/c19-11-14-3-1-2-4-15(14)21-18(23)10-12-5-7-16-13(9-12)6-8-17(22)20-16/h1-5,7,9H,6,8,10H2,(H,20,22)(H,21,23). The fraction of sp³-hybridized carbons (Fsp3) is 0.167. The number of amides is 2. The summed E-state index contributed by atoms with van der Waals surface area (Å²) in [4.78, 5) is 23.5. The highest BCUT2D eigenvalue weighted by Crippen LogP contribution is 2.24. The van der Waals surface area contributed by atoms with E-state index < -0.39 is 0 Å². The van der Waals surface area contributed by atoms with Crippen molar-refractivity contribution in [1.82, 2.24) is 0 Å². The first kappa shape index (κ1) is 14.8. The van der Waals surface area contributed by atoms with E-state index in [1.807, 2.05) is 18.2 Å². The van der Waals surface area contributed by atoms with Gasteiger partial charge in [-0.3, -0.25) is 9.59 Å². The smallest absolute Gasteiger partial charge is 0.228 e. The molecule has 0 saturated heterocycles. The van der Waals surface area contributed by atoms with E-state index >= 15 is 0 Å². The third kappa shape index (κ3) is 3.38. The van der Waals surface area contributed by atoms with Crippen molar-refractivity contribution in [3.8, 4) is 6.07 Å². The van der Waals surface area contributed by atoms with E-state index in [4.69, 9.17) is 5.26 Å². The van der Waals surface area contributed by atoms with Gasteiger partial charge in [-0.15, -0.1) is 0 Å². The summed E-state index contributed by atoms with van der Waals surface area (Å²) in [6.45, 7) is 0. The maximum absolute atomic E-state index is 12.2. The van der Waals surface area contributed by atoms with Gasteiger partial charge in [0.05, 0.1) is 17.7 Å². The second-order valence-corrected chi connectivity index (χ2v) is 5.42. The van der Waals surface area contributed by atoms with Crippen molar-refractivity contribution in [3.05, 3.63) is 59.2 Å². The van der Waals surface area contributed by atoms with E-state index in [-0.39, 0.29) is 18.2 Å². The van der Waals surface area contributed by atoms with E-state index in [9.17, 15) is 9.59 Å². The van der Waals surface area contributed by atoms with Gasteiger partial charge in [-0.1, -0.05) is 24.3 Å². The first-order valence-electron chi connectivity index (χ1n) is 7.36. The molecule has 5 nitrogen and oxygen atoms in total. The van der Waals surface area contributed by atoms with Crippen molar-refractivity contribution in [2.24, 2.45) is 0 Å². The Morgan fingerprint density at radius 3 is 2.87 bits per heavy atom. The molecule has 1 aliphatic heterocycles. The van der Waals surface area contributed by atoms with Crippen molar-refractivity contribution >= 4 is 23.2 Å². The molecule has 0 atom stereocenters. The van der Waals surface area contributed by atoms with Crippen LogP contribution in [0.15, 0.2) is 42.5 Å². The Balaban J connectivity index is 1.71. The highest BCUT2D eigenvalue weighted by atomic mass is 16.2. The van der Waals surface area contributed by atoms with E-state index in [0.29, 0.717) is 24.1 Å². The molecule has 0 aliphatic carbocycles. The Morgan fingerprint density at radius 2 is 2.04 bits per heavy atom. The predicted molar refractivity (Wildman–Crippen MR) is 86.9 cm³/mol. The zero-order chi connectivity index (χ0) is 16.2. The molecule has 1 aliphatic rings. The fourth-order valence-corrected chi connectivity index (χ4v) is 2.62. The minimum atomic E-state index is -0.174. The average Bonchev–Trinajstić information content (AvgIpc) is 2.55. The Morgan fingerprint density at radius 1 is 1.22 bits per heavy atom. The summed E-state index contributed by atoms with van der Waals surface area (Å²) < 4.78 is 0. The van der Waals surface area contributed by atoms with Crippen LogP contribution in [0.2, 0.25) is 0 Å². The van der Waals surface area contributed by atoms with E-state index in [2.05, 4.69) is 16.7 Å². The summed E-state index contributed by atoms with van der Waals surface area (Å²) >= 11 is 0. The average molecular weight is 305 g/mol. The summed E-state index contributed by atoms with van der Waals surface area (Å²) in [5, 5.41) is 14.6. The SMILES string of the molecule is N#Cc1ccccc1NC(=O)Cc1ccc2c(c1)CCC(=O)N2. The molecule has 3 rings (SSSR count). The molecule has 0 saturated carbocycles. The minimum absolute atomic E-state index is 0.0242. The maximum atomic E-state index is 12.2. The van der Waals surface area contributed by atoms with Gasteiger partial charge in [-0.2, -0.15) is 5.26 Å². The second kappa shape index (κ2) is 6.32. The second-order valence-electron chi connectivity index (χ2n) is 5.42. The van der Waals surface area contributed by atoms with Gasteiger partial charge in [-0.25, -0.2) is 0 Å². The van der Waals surface area contributed by atoms with Crippen LogP contribution in [0.3, 0.4) is 0 Å². The summed E-state index contributed by atoms with van der Waals surface area (Å²) in [5.41, 5.74) is 3.71. The first-order chi connectivity index (χ1) is 11.2. The molecule has 2 aromatic rings. The number of hydrogen-bond donors (Lipinski definition) is 2. The molecule has 0 spiro atoms. The fourth-order valence-electron chi connectivity index (χ4n) is 2.62. The number of fused-ring (bicyclic) bond motifs is 1. The third-order valence-electron chi connectivity index (χ3n) is 3.75. The number of benzene rings is 2. The van der Waals surface area contributed by atoms with Gasteiger partial charge in [0.2, 0.25) is 11.8 Å². The lowest BCUT2D eigenvalue weighted by molar-refractivity contribution is -0.117. The van der Waals surface area contributed by atoms with Crippen LogP contribution < -0.4 is 10.6 Å². The van der Waals surface area contributed by atoms with Crippen LogP contribution in [0.25, 0.3) is 0 Å². The Labute approximate surface area is 133 Å². The minimum Gasteiger partial charge on any atom is -0.326 e. The lowest BCUT2D eigenvalue weighted by Crippen LogP contribution is -2.20.